The zero-order chi connectivity index (χ0) is 14.0. The number of pyridine rings is 1. The second-order valence-corrected chi connectivity index (χ2v) is 4.39. The molecule has 3 nitrogen and oxygen atoms in total. The summed E-state index contributed by atoms with van der Waals surface area (Å²) in [5.74, 6) is 0. The summed E-state index contributed by atoms with van der Waals surface area (Å²) in [6.07, 6.45) is -3.43. The summed E-state index contributed by atoms with van der Waals surface area (Å²) in [4.78, 5) is 5.74. The van der Waals surface area contributed by atoms with E-state index in [-0.39, 0.29) is 6.54 Å². The van der Waals surface area contributed by atoms with Gasteiger partial charge in [-0.15, -0.1) is 0 Å². The number of alkyl halides is 3. The van der Waals surface area contributed by atoms with Gasteiger partial charge in [-0.25, -0.2) is 0 Å². The molecule has 0 radical (unpaired) electrons. The summed E-state index contributed by atoms with van der Waals surface area (Å²) >= 11 is 0. The molecule has 1 aromatic heterocycles. The zero-order valence-electron chi connectivity index (χ0n) is 10.4. The van der Waals surface area contributed by atoms with Crippen LogP contribution in [0.5, 0.6) is 0 Å². The molecule has 0 atom stereocenters. The van der Waals surface area contributed by atoms with Crippen molar-refractivity contribution in [3.63, 3.8) is 0 Å². The van der Waals surface area contributed by atoms with Gasteiger partial charge in [0.05, 0.1) is 11.9 Å². The third-order valence-electron chi connectivity index (χ3n) is 2.89. The van der Waals surface area contributed by atoms with E-state index in [9.17, 15) is 13.2 Å². The van der Waals surface area contributed by atoms with Crippen LogP contribution in [0.15, 0.2) is 30.5 Å². The average Bonchev–Trinajstić information content (AvgIpc) is 2.34. The molecule has 102 valence electrons. The van der Waals surface area contributed by atoms with Crippen molar-refractivity contribution in [2.75, 3.05) is 24.2 Å². The van der Waals surface area contributed by atoms with Crippen molar-refractivity contribution in [2.45, 2.75) is 12.6 Å². The number of nitrogens with zero attached hydrogens (tertiary/aromatic N) is 2. The second kappa shape index (κ2) is 4.95. The topological polar surface area (TPSA) is 42.2 Å². The number of fused-ring (bicyclic) bond motifs is 1. The molecule has 19 heavy (non-hydrogen) atoms. The highest BCUT2D eigenvalue weighted by molar-refractivity contribution is 5.93. The largest absolute Gasteiger partial charge is 0.399 e. The Balaban J connectivity index is 2.29. The fourth-order valence-corrected chi connectivity index (χ4v) is 1.90. The van der Waals surface area contributed by atoms with E-state index in [4.69, 9.17) is 5.73 Å². The number of halogens is 3. The number of nitrogen functional groups attached to an aromatic ring is 1. The fourth-order valence-electron chi connectivity index (χ4n) is 1.90. The maximum absolute atomic E-state index is 12.2. The molecular weight excluding hydrogens is 255 g/mol. The van der Waals surface area contributed by atoms with E-state index in [1.165, 1.54) is 0 Å². The lowest BCUT2D eigenvalue weighted by atomic mass is 10.1. The van der Waals surface area contributed by atoms with Crippen molar-refractivity contribution in [1.29, 1.82) is 0 Å². The van der Waals surface area contributed by atoms with Gasteiger partial charge in [0.1, 0.15) is 0 Å². The molecule has 0 aliphatic carbocycles. The predicted octanol–water partition coefficient (Wildman–Crippen LogP) is 3.21. The number of hydrogen-bond acceptors (Lipinski definition) is 3. The van der Waals surface area contributed by atoms with Crippen molar-refractivity contribution < 1.29 is 13.2 Å². The van der Waals surface area contributed by atoms with E-state index in [0.717, 1.165) is 5.39 Å². The lowest BCUT2D eigenvalue weighted by Crippen LogP contribution is -2.24. The van der Waals surface area contributed by atoms with E-state index < -0.39 is 12.6 Å². The molecule has 2 rings (SSSR count). The van der Waals surface area contributed by atoms with Gasteiger partial charge < -0.3 is 10.6 Å². The predicted molar refractivity (Wildman–Crippen MR) is 70.1 cm³/mol. The maximum atomic E-state index is 12.2. The monoisotopic (exact) mass is 269 g/mol. The number of aromatic nitrogens is 1. The summed E-state index contributed by atoms with van der Waals surface area (Å²) < 4.78 is 36.7. The lowest BCUT2D eigenvalue weighted by Gasteiger charge is -2.21. The molecule has 0 fully saturated rings. The van der Waals surface area contributed by atoms with Gasteiger partial charge in [-0.05, 0) is 24.3 Å². The van der Waals surface area contributed by atoms with Crippen LogP contribution < -0.4 is 10.6 Å². The van der Waals surface area contributed by atoms with Crippen LogP contribution in [0.2, 0.25) is 0 Å². The Bertz CT molecular complexity index is 581. The summed E-state index contributed by atoms with van der Waals surface area (Å²) in [5, 5.41) is 0.793. The van der Waals surface area contributed by atoms with Gasteiger partial charge in [0, 0.05) is 36.6 Å². The van der Waals surface area contributed by atoms with Gasteiger partial charge in [-0.3, -0.25) is 4.98 Å². The molecule has 0 amide bonds. The Kier molecular flexibility index (Phi) is 3.50. The third-order valence-corrected chi connectivity index (χ3v) is 2.89. The summed E-state index contributed by atoms with van der Waals surface area (Å²) in [6.45, 7) is -0.0903. The van der Waals surface area contributed by atoms with Crippen molar-refractivity contribution in [3.05, 3.63) is 30.5 Å². The van der Waals surface area contributed by atoms with Crippen molar-refractivity contribution >= 4 is 22.3 Å². The molecule has 2 N–H and O–H groups in total. The number of anilines is 2. The lowest BCUT2D eigenvalue weighted by molar-refractivity contribution is -0.132. The Morgan fingerprint density at radius 2 is 2.00 bits per heavy atom. The minimum atomic E-state index is -4.15. The second-order valence-electron chi connectivity index (χ2n) is 4.39. The molecule has 0 bridgehead atoms. The van der Waals surface area contributed by atoms with Crippen molar-refractivity contribution in [2.24, 2.45) is 0 Å². The van der Waals surface area contributed by atoms with Crippen LogP contribution in [0.25, 0.3) is 10.9 Å². The highest BCUT2D eigenvalue weighted by Crippen LogP contribution is 2.27. The molecule has 6 heteroatoms. The van der Waals surface area contributed by atoms with E-state index in [0.29, 0.717) is 16.9 Å². The van der Waals surface area contributed by atoms with E-state index in [1.54, 1.807) is 42.4 Å². The quantitative estimate of drug-likeness (QED) is 0.870. The first kappa shape index (κ1) is 13.5. The zero-order valence-corrected chi connectivity index (χ0v) is 10.4. The van der Waals surface area contributed by atoms with Crippen LogP contribution in [0.4, 0.5) is 24.5 Å². The van der Waals surface area contributed by atoms with Gasteiger partial charge in [-0.2, -0.15) is 13.2 Å². The van der Waals surface area contributed by atoms with Crippen LogP contribution in [0.1, 0.15) is 6.42 Å². The van der Waals surface area contributed by atoms with Crippen LogP contribution in [-0.4, -0.2) is 24.8 Å². The SMILES string of the molecule is CN(CCC(F)(F)F)c1ccnc2cc(N)ccc12. The van der Waals surface area contributed by atoms with Crippen molar-refractivity contribution in [1.82, 2.24) is 4.98 Å². The molecule has 0 aliphatic rings. The Morgan fingerprint density at radius 1 is 1.26 bits per heavy atom. The van der Waals surface area contributed by atoms with E-state index >= 15 is 0 Å². The summed E-state index contributed by atoms with van der Waals surface area (Å²) in [5.41, 5.74) is 7.64. The van der Waals surface area contributed by atoms with E-state index in [2.05, 4.69) is 4.98 Å². The first-order valence-electron chi connectivity index (χ1n) is 5.79. The van der Waals surface area contributed by atoms with Crippen LogP contribution in [0.3, 0.4) is 0 Å². The first-order valence-corrected chi connectivity index (χ1v) is 5.79. The minimum Gasteiger partial charge on any atom is -0.399 e. The minimum absolute atomic E-state index is 0.0903. The molecule has 0 saturated carbocycles. The van der Waals surface area contributed by atoms with Gasteiger partial charge in [0.2, 0.25) is 0 Å². The highest BCUT2D eigenvalue weighted by Gasteiger charge is 2.27. The van der Waals surface area contributed by atoms with Gasteiger partial charge in [-0.1, -0.05) is 0 Å². The number of benzene rings is 1. The van der Waals surface area contributed by atoms with Gasteiger partial charge in [0.15, 0.2) is 0 Å². The standard InChI is InChI=1S/C13H14F3N3/c1-19(7-5-13(14,15)16)12-4-6-18-11-8-9(17)2-3-10(11)12/h2-4,6,8H,5,7,17H2,1H3. The fraction of sp³-hybridized carbons (Fsp3) is 0.308. The average molecular weight is 269 g/mol. The third kappa shape index (κ3) is 3.27. The molecular formula is C13H14F3N3. The molecule has 1 aromatic carbocycles. The Labute approximate surface area is 108 Å². The highest BCUT2D eigenvalue weighted by atomic mass is 19.4. The molecule has 0 unspecified atom stereocenters. The Morgan fingerprint density at radius 3 is 2.68 bits per heavy atom. The number of rotatable bonds is 3. The summed E-state index contributed by atoms with van der Waals surface area (Å²) in [6, 6.07) is 6.90. The van der Waals surface area contributed by atoms with Crippen LogP contribution in [-0.2, 0) is 0 Å². The normalized spacial score (nSPS) is 11.8. The van der Waals surface area contributed by atoms with Crippen molar-refractivity contribution in [3.8, 4) is 0 Å². The molecule has 2 aromatic rings. The summed E-state index contributed by atoms with van der Waals surface area (Å²) in [7, 11) is 1.64. The smallest absolute Gasteiger partial charge is 0.390 e. The molecule has 0 aliphatic heterocycles. The molecule has 0 spiro atoms. The van der Waals surface area contributed by atoms with Crippen LogP contribution >= 0.6 is 0 Å². The van der Waals surface area contributed by atoms with Gasteiger partial charge >= 0.3 is 6.18 Å². The first-order chi connectivity index (χ1) is 8.87. The molecule has 0 saturated heterocycles. The van der Waals surface area contributed by atoms with Crippen LogP contribution in [0, 0.1) is 0 Å². The number of hydrogen-bond donors (Lipinski definition) is 1. The number of nitrogens with two attached hydrogens (primary N) is 1. The maximum Gasteiger partial charge on any atom is 0.390 e. The Hall–Kier alpha value is -1.98. The van der Waals surface area contributed by atoms with E-state index in [1.807, 2.05) is 0 Å². The van der Waals surface area contributed by atoms with Gasteiger partial charge in [0.25, 0.3) is 0 Å². The molecule has 1 heterocycles.